The molecule has 0 heterocycles. The number of aryl methyl sites for hydroxylation is 6. The van der Waals surface area contributed by atoms with E-state index in [1.807, 2.05) is 0 Å². The summed E-state index contributed by atoms with van der Waals surface area (Å²) in [6.45, 7) is 13.8. The van der Waals surface area contributed by atoms with Gasteiger partial charge in [0.15, 0.2) is 0 Å². The molecule has 0 spiro atoms. The molecule has 2 rings (SSSR count). The average Bonchev–Trinajstić information content (AvgIpc) is 3.53. The summed E-state index contributed by atoms with van der Waals surface area (Å²) in [5.74, 6) is 0. The first-order chi connectivity index (χ1) is 19.6. The molecule has 0 N–H and O–H groups in total. The number of halogens is 2. The Labute approximate surface area is 302 Å². The van der Waals surface area contributed by atoms with Gasteiger partial charge in [-0.15, -0.1) is 0 Å². The fourth-order valence-corrected chi connectivity index (χ4v) is 5.99. The van der Waals surface area contributed by atoms with Gasteiger partial charge in [0.1, 0.15) is 0 Å². The van der Waals surface area contributed by atoms with E-state index < -0.39 is 0 Å². The molecular weight excluding hydrogens is 643 g/mol. The molecule has 0 atom stereocenters. The van der Waals surface area contributed by atoms with E-state index in [1.165, 1.54) is 154 Å². The van der Waals surface area contributed by atoms with E-state index in [4.69, 9.17) is 0 Å². The zero-order valence-electron chi connectivity index (χ0n) is 29.5. The van der Waals surface area contributed by atoms with E-state index in [-0.39, 0.29) is 51.0 Å². The van der Waals surface area contributed by atoms with Gasteiger partial charge in [-0.25, -0.2) is 12.1 Å². The van der Waals surface area contributed by atoms with Crippen molar-refractivity contribution < 1.29 is 51.0 Å². The molecule has 0 bridgehead atoms. The Morgan fingerprint density at radius 1 is 0.395 bits per heavy atom. The molecule has 0 aromatic heterocycles. The molecule has 0 radical (unpaired) electrons. The van der Waals surface area contributed by atoms with Crippen LogP contribution in [-0.2, 0) is 64.7 Å². The normalized spacial score (nSPS) is 10.4. The van der Waals surface area contributed by atoms with Crippen LogP contribution in [0.5, 0.6) is 0 Å². The maximum atomic E-state index is 2.52. The van der Waals surface area contributed by atoms with Crippen LogP contribution in [0.25, 0.3) is 0 Å². The molecule has 2 aromatic carbocycles. The molecule has 3 heteroatoms. The summed E-state index contributed by atoms with van der Waals surface area (Å²) in [5, 5.41) is 0. The van der Waals surface area contributed by atoms with Crippen LogP contribution in [0.1, 0.15) is 190 Å². The Morgan fingerprint density at radius 2 is 0.674 bits per heavy atom. The Kier molecular flexibility index (Phi) is 37.1. The first-order valence-electron chi connectivity index (χ1n) is 18.2. The monoisotopic (exact) mass is 710 g/mol. The smallest absolute Gasteiger partial charge is 1.00 e. The Hall–Kier alpha value is 0.163. The molecule has 2 aromatic rings. The maximum Gasteiger partial charge on any atom is 4.00 e. The third-order valence-electron chi connectivity index (χ3n) is 8.60. The summed E-state index contributed by atoms with van der Waals surface area (Å²) in [6.07, 6.45) is 32.3. The second kappa shape index (κ2) is 33.5. The summed E-state index contributed by atoms with van der Waals surface area (Å²) < 4.78 is 0. The molecule has 0 amide bonds. The molecule has 43 heavy (non-hydrogen) atoms. The summed E-state index contributed by atoms with van der Waals surface area (Å²) >= 11 is 0. The van der Waals surface area contributed by atoms with E-state index >= 15 is 0 Å². The van der Waals surface area contributed by atoms with E-state index in [0.29, 0.717) is 0 Å². The van der Waals surface area contributed by atoms with Gasteiger partial charge in [0, 0.05) is 0 Å². The zero-order valence-corrected chi connectivity index (χ0v) is 33.5. The quantitative estimate of drug-likeness (QED) is 0.0798. The third-order valence-corrected chi connectivity index (χ3v) is 8.60. The van der Waals surface area contributed by atoms with Gasteiger partial charge in [-0.3, -0.25) is 0 Å². The van der Waals surface area contributed by atoms with Gasteiger partial charge in [0.25, 0.3) is 0 Å². The average molecular weight is 713 g/mol. The van der Waals surface area contributed by atoms with Crippen LogP contribution in [0, 0.1) is 0 Å². The molecule has 0 saturated carbocycles. The number of hydrogen-bond acceptors (Lipinski definition) is 0. The topological polar surface area (TPSA) is 0 Å². The molecule has 248 valence electrons. The fourth-order valence-electron chi connectivity index (χ4n) is 5.99. The van der Waals surface area contributed by atoms with Gasteiger partial charge < -0.3 is 24.8 Å². The molecule has 0 aliphatic heterocycles. The fraction of sp³-hybridized carbons (Fsp3) is 0.750. The second-order valence-electron chi connectivity index (χ2n) is 12.6. The Bertz CT molecular complexity index is 695. The van der Waals surface area contributed by atoms with Crippen molar-refractivity contribution in [2.75, 3.05) is 0 Å². The van der Waals surface area contributed by atoms with Crippen molar-refractivity contribution in [1.82, 2.24) is 0 Å². The first-order valence-corrected chi connectivity index (χ1v) is 18.2. The van der Waals surface area contributed by atoms with Crippen molar-refractivity contribution in [3.8, 4) is 0 Å². The predicted molar refractivity (Wildman–Crippen MR) is 183 cm³/mol. The predicted octanol–water partition coefficient (Wildman–Crippen LogP) is 7.21. The van der Waals surface area contributed by atoms with Crippen molar-refractivity contribution in [2.45, 2.75) is 196 Å². The van der Waals surface area contributed by atoms with Gasteiger partial charge in [-0.05, 0) is 0 Å². The number of unbranched alkanes of at least 4 members (excludes halogenated alkanes) is 12. The van der Waals surface area contributed by atoms with Crippen LogP contribution in [-0.4, -0.2) is 0 Å². The summed E-state index contributed by atoms with van der Waals surface area (Å²) in [5.41, 5.74) is 9.89. The molecule has 0 fully saturated rings. The van der Waals surface area contributed by atoms with Crippen LogP contribution < -0.4 is 24.8 Å². The molecular formula is C40H70Cl2Zr. The minimum atomic E-state index is 0. The molecule has 0 saturated heterocycles. The summed E-state index contributed by atoms with van der Waals surface area (Å²) in [4.78, 5) is 0. The van der Waals surface area contributed by atoms with Crippen molar-refractivity contribution in [2.24, 2.45) is 0 Å². The summed E-state index contributed by atoms with van der Waals surface area (Å²) in [7, 11) is 0. The minimum Gasteiger partial charge on any atom is -1.00 e. The van der Waals surface area contributed by atoms with Crippen LogP contribution in [0.2, 0.25) is 0 Å². The molecule has 0 aliphatic carbocycles. The van der Waals surface area contributed by atoms with Crippen molar-refractivity contribution in [1.29, 1.82) is 0 Å². The minimum absolute atomic E-state index is 0. The van der Waals surface area contributed by atoms with Gasteiger partial charge in [0.05, 0.1) is 0 Å². The van der Waals surface area contributed by atoms with Crippen LogP contribution in [0.4, 0.5) is 0 Å². The second-order valence-corrected chi connectivity index (χ2v) is 12.6. The van der Waals surface area contributed by atoms with Crippen LogP contribution in [0.3, 0.4) is 0 Å². The van der Waals surface area contributed by atoms with E-state index in [2.05, 4.69) is 65.8 Å². The SMILES string of the molecule is CCCCCc1cc(CCCCC)[c-](CCCCC)c1.CCCCCc1cc(CCCCC)[c-](CCCCC)c1.[Cl-].[Cl-].[Zr+4]. The maximum absolute atomic E-state index is 2.52. The third kappa shape index (κ3) is 23.2. The first kappa shape index (κ1) is 47.6. The van der Waals surface area contributed by atoms with Crippen molar-refractivity contribution in [3.05, 3.63) is 57.6 Å². The van der Waals surface area contributed by atoms with Crippen LogP contribution in [0.15, 0.2) is 24.3 Å². The summed E-state index contributed by atoms with van der Waals surface area (Å²) in [6, 6.07) is 10.1. The standard InChI is InChI=1S/2C20H35.2ClH.Zr/c2*1-4-7-10-13-18-16-19(14-11-8-5-2)20(17-18)15-12-9-6-3;;;/h2*16-17H,4-15H2,1-3H3;2*1H;/q2*-1;;;+4/p-2. The molecule has 0 nitrogen and oxygen atoms in total. The van der Waals surface area contributed by atoms with Crippen molar-refractivity contribution >= 4 is 0 Å². The van der Waals surface area contributed by atoms with E-state index in [0.717, 1.165) is 0 Å². The number of hydrogen-bond donors (Lipinski definition) is 0. The zero-order chi connectivity index (χ0) is 29.3. The Morgan fingerprint density at radius 3 is 0.977 bits per heavy atom. The van der Waals surface area contributed by atoms with Gasteiger partial charge in [-0.1, -0.05) is 196 Å². The van der Waals surface area contributed by atoms with Crippen LogP contribution >= 0.6 is 0 Å². The molecule has 0 unspecified atom stereocenters. The van der Waals surface area contributed by atoms with Gasteiger partial charge >= 0.3 is 26.2 Å². The molecule has 0 aliphatic rings. The van der Waals surface area contributed by atoms with Gasteiger partial charge in [-0.2, -0.15) is 45.5 Å². The van der Waals surface area contributed by atoms with E-state index in [9.17, 15) is 0 Å². The van der Waals surface area contributed by atoms with E-state index in [1.54, 1.807) is 33.4 Å². The van der Waals surface area contributed by atoms with Gasteiger partial charge in [0.2, 0.25) is 0 Å². The Balaban J connectivity index is -0.000000696. The van der Waals surface area contributed by atoms with Crippen molar-refractivity contribution in [3.63, 3.8) is 0 Å². The largest absolute Gasteiger partial charge is 4.00 e. The number of rotatable bonds is 24.